The van der Waals surface area contributed by atoms with Crippen molar-refractivity contribution in [1.29, 1.82) is 0 Å². The summed E-state index contributed by atoms with van der Waals surface area (Å²) in [4.78, 5) is 0. The summed E-state index contributed by atoms with van der Waals surface area (Å²) in [5.74, 6) is 0. The number of hydrogen-bond donors (Lipinski definition) is 0. The normalized spacial score (nSPS) is 13.9. The molecule has 0 atom stereocenters. The average molecular weight is 675 g/mol. The van der Waals surface area contributed by atoms with Crippen LogP contribution in [0.1, 0.15) is 34.2 Å². The SMILES string of the molecule is C1=C2CC[N+](=C1)Cc1ccc(cc1)C[n+]1ccc(cc1)-c1ccc(cc1)-c1cc[n+](cc1)Cc1ccc(cc1)C[n+]1ccc(cc1)-c1ccc2cc1. The number of hydrogen-bond acceptors (Lipinski definition) is 0. The molecule has 250 valence electrons. The van der Waals surface area contributed by atoms with Gasteiger partial charge in [-0.25, -0.2) is 18.3 Å². The van der Waals surface area contributed by atoms with Crippen molar-refractivity contribution in [2.24, 2.45) is 0 Å². The van der Waals surface area contributed by atoms with Crippen LogP contribution in [0.5, 0.6) is 0 Å². The molecule has 30 rings (SSSR count). The van der Waals surface area contributed by atoms with E-state index in [4.69, 9.17) is 0 Å². The van der Waals surface area contributed by atoms with Gasteiger partial charge in [0.05, 0.1) is 0 Å². The van der Waals surface area contributed by atoms with Gasteiger partial charge in [0.2, 0.25) is 0 Å². The van der Waals surface area contributed by atoms with Crippen molar-refractivity contribution >= 4 is 11.8 Å². The Morgan fingerprint density at radius 3 is 0.942 bits per heavy atom. The molecule has 0 fully saturated rings. The molecule has 0 N–H and O–H groups in total. The molecule has 0 saturated heterocycles. The monoisotopic (exact) mass is 674 g/mol. The molecule has 7 aromatic rings. The van der Waals surface area contributed by atoms with Crippen molar-refractivity contribution in [3.63, 3.8) is 0 Å². The topological polar surface area (TPSA) is 14.6 Å². The lowest BCUT2D eigenvalue weighted by molar-refractivity contribution is -0.688. The van der Waals surface area contributed by atoms with E-state index in [0.29, 0.717) is 0 Å². The molecule has 0 unspecified atom stereocenters. The smallest absolute Gasteiger partial charge is 0.173 e. The molecular formula is C48H42N4+4. The molecule has 0 radical (unpaired) electrons. The molecule has 0 saturated carbocycles. The summed E-state index contributed by atoms with van der Waals surface area (Å²) in [5, 5.41) is 0. The molecule has 0 aliphatic carbocycles. The van der Waals surface area contributed by atoms with Gasteiger partial charge in [-0.05, 0) is 44.5 Å². The van der Waals surface area contributed by atoms with Gasteiger partial charge < -0.3 is 0 Å². The van der Waals surface area contributed by atoms with Gasteiger partial charge in [0, 0.05) is 71.1 Å². The zero-order chi connectivity index (χ0) is 34.7. The number of rotatable bonds is 0. The van der Waals surface area contributed by atoms with Crippen LogP contribution in [0.3, 0.4) is 0 Å². The molecular weight excluding hydrogens is 633 g/mol. The van der Waals surface area contributed by atoms with Crippen molar-refractivity contribution in [3.8, 4) is 33.4 Å². The summed E-state index contributed by atoms with van der Waals surface area (Å²) >= 11 is 0. The third kappa shape index (κ3) is 7.15. The Kier molecular flexibility index (Phi) is 8.63. The highest BCUT2D eigenvalue weighted by molar-refractivity contribution is 5.83. The second-order valence-electron chi connectivity index (χ2n) is 14.1. The molecule has 4 heteroatoms. The minimum atomic E-state index is 0.841. The number of pyridine rings is 3. The minimum absolute atomic E-state index is 0.841. The lowest BCUT2D eigenvalue weighted by Gasteiger charge is -2.12. The van der Waals surface area contributed by atoms with E-state index in [1.807, 2.05) is 0 Å². The van der Waals surface area contributed by atoms with Crippen molar-refractivity contribution < 1.29 is 18.3 Å². The highest BCUT2D eigenvalue weighted by Gasteiger charge is 2.15. The molecule has 4 aromatic carbocycles. The zero-order valence-corrected chi connectivity index (χ0v) is 29.4. The predicted molar refractivity (Wildman–Crippen MR) is 207 cm³/mol. The average Bonchev–Trinajstić information content (AvgIpc) is 3.21. The van der Waals surface area contributed by atoms with Crippen LogP contribution in [0.4, 0.5) is 0 Å². The van der Waals surface area contributed by atoms with E-state index in [0.717, 1.165) is 39.1 Å². The predicted octanol–water partition coefficient (Wildman–Crippen LogP) is 8.08. The van der Waals surface area contributed by atoms with E-state index < -0.39 is 0 Å². The standard InChI is InChI=1S/C48H42N4/c1-2-38-4-3-37(1)33-49-25-17-45(18-26-49)41-9-11-43(12-10-41)47-21-29-51(30-22-47)35-39-5-7-40(8-6-39)36-52-31-23-48(24-32-52)44-15-13-42(14-16-44)46-19-27-50(34-38)28-20-46/h1-23,25-31H,24,32-36H2/q+4. The Morgan fingerprint density at radius 1 is 0.308 bits per heavy atom. The molecule has 0 amide bonds. The maximum atomic E-state index is 2.42. The molecule has 23 aliphatic rings. The van der Waals surface area contributed by atoms with Gasteiger partial charge in [0.15, 0.2) is 69.6 Å². The van der Waals surface area contributed by atoms with E-state index in [-0.39, 0.29) is 0 Å². The molecule has 16 bridgehead atoms. The lowest BCUT2D eigenvalue weighted by atomic mass is 9.97. The summed E-state index contributed by atoms with van der Waals surface area (Å²) in [5.41, 5.74) is 15.3. The van der Waals surface area contributed by atoms with E-state index in [9.17, 15) is 0 Å². The molecule has 0 spiro atoms. The first kappa shape index (κ1) is 31.7. The summed E-state index contributed by atoms with van der Waals surface area (Å²) in [6.07, 6.45) is 18.7. The van der Waals surface area contributed by atoms with Crippen LogP contribution < -0.4 is 13.7 Å². The molecule has 3 aromatic heterocycles. The van der Waals surface area contributed by atoms with Crippen molar-refractivity contribution in [1.82, 2.24) is 0 Å². The highest BCUT2D eigenvalue weighted by atomic mass is 15.0. The zero-order valence-electron chi connectivity index (χ0n) is 29.4. The maximum absolute atomic E-state index is 2.42. The van der Waals surface area contributed by atoms with Crippen LogP contribution in [-0.4, -0.2) is 17.3 Å². The summed E-state index contributed by atoms with van der Waals surface area (Å²) in [6, 6.07) is 49.3. The third-order valence-corrected chi connectivity index (χ3v) is 10.5. The Bertz CT molecular complexity index is 2370. The second kappa shape index (κ2) is 14.2. The first-order chi connectivity index (χ1) is 25.7. The first-order valence-corrected chi connectivity index (χ1v) is 18.3. The molecule has 52 heavy (non-hydrogen) atoms. The van der Waals surface area contributed by atoms with Crippen LogP contribution in [0, 0.1) is 0 Å². The summed E-state index contributed by atoms with van der Waals surface area (Å²) in [7, 11) is 0. The Hall–Kier alpha value is -6.26. The fourth-order valence-electron chi connectivity index (χ4n) is 7.35. The number of nitrogens with zero attached hydrogens (tertiary/aromatic N) is 4. The van der Waals surface area contributed by atoms with Crippen LogP contribution in [0.15, 0.2) is 177 Å². The number of aromatic nitrogens is 3. The summed E-state index contributed by atoms with van der Waals surface area (Å²) < 4.78 is 9.16. The minimum Gasteiger partial charge on any atom is -0.231 e. The Morgan fingerprint density at radius 2 is 0.615 bits per heavy atom. The van der Waals surface area contributed by atoms with Gasteiger partial charge in [-0.3, -0.25) is 0 Å². The number of allylic oxidation sites excluding steroid dienone is 1. The van der Waals surface area contributed by atoms with Gasteiger partial charge in [0.25, 0.3) is 0 Å². The van der Waals surface area contributed by atoms with E-state index in [1.54, 1.807) is 0 Å². The van der Waals surface area contributed by atoms with Crippen molar-refractivity contribution in [3.05, 3.63) is 205 Å². The second-order valence-corrected chi connectivity index (χ2v) is 14.1. The Balaban J connectivity index is 0.981. The molecule has 26 heterocycles. The van der Waals surface area contributed by atoms with Gasteiger partial charge in [0.1, 0.15) is 6.54 Å². The quantitative estimate of drug-likeness (QED) is 0.145. The Labute approximate surface area is 306 Å². The van der Waals surface area contributed by atoms with Crippen LogP contribution in [0.25, 0.3) is 39.0 Å². The number of benzene rings is 4. The maximum Gasteiger partial charge on any atom is 0.173 e. The van der Waals surface area contributed by atoms with Crippen LogP contribution in [-0.2, 0) is 26.2 Å². The van der Waals surface area contributed by atoms with Gasteiger partial charge >= 0.3 is 0 Å². The largest absolute Gasteiger partial charge is 0.231 e. The van der Waals surface area contributed by atoms with Gasteiger partial charge in [-0.1, -0.05) is 97.1 Å². The van der Waals surface area contributed by atoms with E-state index in [2.05, 4.69) is 201 Å². The fourth-order valence-corrected chi connectivity index (χ4v) is 7.35. The van der Waals surface area contributed by atoms with Gasteiger partial charge in [-0.15, -0.1) is 0 Å². The lowest BCUT2D eigenvalue weighted by Crippen LogP contribution is -2.33. The third-order valence-electron chi connectivity index (χ3n) is 10.5. The molecule has 4 nitrogen and oxygen atoms in total. The fraction of sp³-hybridized carbons (Fsp3) is 0.125. The van der Waals surface area contributed by atoms with Crippen LogP contribution >= 0.6 is 0 Å². The van der Waals surface area contributed by atoms with Crippen molar-refractivity contribution in [2.75, 3.05) is 6.54 Å². The van der Waals surface area contributed by atoms with E-state index in [1.165, 1.54) is 66.8 Å². The first-order valence-electron chi connectivity index (χ1n) is 18.3. The van der Waals surface area contributed by atoms with Crippen LogP contribution in [0.2, 0.25) is 0 Å². The van der Waals surface area contributed by atoms with E-state index >= 15 is 0 Å². The highest BCUT2D eigenvalue weighted by Crippen LogP contribution is 2.26. The van der Waals surface area contributed by atoms with Gasteiger partial charge in [-0.2, -0.15) is 0 Å². The van der Waals surface area contributed by atoms with Crippen molar-refractivity contribution in [2.45, 2.75) is 32.6 Å². The summed E-state index contributed by atoms with van der Waals surface area (Å²) in [6.45, 7) is 4.48. The molecule has 23 aliphatic heterocycles.